The highest BCUT2D eigenvalue weighted by Crippen LogP contribution is 2.32. The van der Waals surface area contributed by atoms with Crippen LogP contribution in [-0.4, -0.2) is 20.4 Å². The summed E-state index contributed by atoms with van der Waals surface area (Å²) in [5.74, 6) is 1.04. The highest BCUT2D eigenvalue weighted by atomic mass is 16.1. The Labute approximate surface area is 233 Å². The van der Waals surface area contributed by atoms with E-state index in [-0.39, 0.29) is 11.5 Å². The number of nitrogens with zero attached hydrogens (tertiary/aromatic N) is 4. The van der Waals surface area contributed by atoms with E-state index < -0.39 is 0 Å². The Hall–Kier alpha value is -4.51. The molecule has 0 saturated heterocycles. The average Bonchev–Trinajstić information content (AvgIpc) is 3.27. The highest BCUT2D eigenvalue weighted by Gasteiger charge is 2.22. The molecule has 5 heteroatoms. The maximum absolute atomic E-state index is 13.7. The van der Waals surface area contributed by atoms with Crippen molar-refractivity contribution < 1.29 is 0 Å². The lowest BCUT2D eigenvalue weighted by Gasteiger charge is -2.22. The van der Waals surface area contributed by atoms with Gasteiger partial charge in [-0.2, -0.15) is 9.78 Å². The summed E-state index contributed by atoms with van der Waals surface area (Å²) < 4.78 is 3.94. The monoisotopic (exact) mass is 524 g/mol. The molecule has 0 atom stereocenters. The normalized spacial score (nSPS) is 14.6. The van der Waals surface area contributed by atoms with Gasteiger partial charge in [0.2, 0.25) is 0 Å². The van der Waals surface area contributed by atoms with Gasteiger partial charge in [-0.1, -0.05) is 92.1 Å². The van der Waals surface area contributed by atoms with Crippen LogP contribution in [0.2, 0.25) is 0 Å². The van der Waals surface area contributed by atoms with Gasteiger partial charge in [0, 0.05) is 34.6 Å². The number of benzene rings is 4. The second kappa shape index (κ2) is 10.2. The van der Waals surface area contributed by atoms with Gasteiger partial charge in [-0.3, -0.25) is 4.79 Å². The van der Waals surface area contributed by atoms with Crippen LogP contribution in [0.1, 0.15) is 60.7 Å². The summed E-state index contributed by atoms with van der Waals surface area (Å²) in [6, 6.07) is 31.1. The predicted molar refractivity (Wildman–Crippen MR) is 165 cm³/mol. The van der Waals surface area contributed by atoms with Crippen LogP contribution in [0.15, 0.2) is 101 Å². The van der Waals surface area contributed by atoms with Crippen molar-refractivity contribution in [2.45, 2.75) is 51.5 Å². The fourth-order valence-corrected chi connectivity index (χ4v) is 6.42. The number of hydrogen-bond donors (Lipinski definition) is 0. The van der Waals surface area contributed by atoms with Crippen LogP contribution in [-0.2, 0) is 6.54 Å². The first-order chi connectivity index (χ1) is 19.7. The fourth-order valence-electron chi connectivity index (χ4n) is 6.42. The summed E-state index contributed by atoms with van der Waals surface area (Å²) in [6.07, 6.45) is 7.54. The maximum Gasteiger partial charge on any atom is 0.282 e. The molecule has 198 valence electrons. The first-order valence-corrected chi connectivity index (χ1v) is 14.3. The van der Waals surface area contributed by atoms with E-state index >= 15 is 0 Å². The minimum absolute atomic E-state index is 0.0976. The Bertz CT molecular complexity index is 1950. The molecule has 40 heavy (non-hydrogen) atoms. The van der Waals surface area contributed by atoms with Crippen molar-refractivity contribution in [3.8, 4) is 0 Å². The molecule has 0 radical (unpaired) electrons. The van der Waals surface area contributed by atoms with Crippen molar-refractivity contribution in [1.29, 1.82) is 0 Å². The lowest BCUT2D eigenvalue weighted by Crippen LogP contribution is -2.25. The minimum Gasteiger partial charge on any atom is -0.340 e. The van der Waals surface area contributed by atoms with Gasteiger partial charge in [-0.25, -0.2) is 4.98 Å². The molecule has 0 N–H and O–H groups in total. The standard InChI is InChI=1S/C35H32N4O/c1-24-31(22-36-39-34(26-13-3-2-4-14-26)37-32-20-9-7-19-30(32)35(39)40)29-18-8-10-21-33(29)38(24)23-27-16-11-15-25-12-5-6-17-28(25)27/h5-12,15-22,26H,2-4,13-14,23H2,1H3. The van der Waals surface area contributed by atoms with Crippen molar-refractivity contribution in [2.24, 2.45) is 5.10 Å². The van der Waals surface area contributed by atoms with Gasteiger partial charge in [0.15, 0.2) is 0 Å². The van der Waals surface area contributed by atoms with Gasteiger partial charge in [-0.05, 0) is 54.3 Å². The summed E-state index contributed by atoms with van der Waals surface area (Å²) >= 11 is 0. The molecule has 0 aliphatic heterocycles. The van der Waals surface area contributed by atoms with E-state index in [1.807, 2.05) is 30.5 Å². The minimum atomic E-state index is -0.0976. The summed E-state index contributed by atoms with van der Waals surface area (Å²) in [5, 5.41) is 9.13. The number of rotatable bonds is 5. The second-order valence-electron chi connectivity index (χ2n) is 10.9. The third-order valence-corrected chi connectivity index (χ3v) is 8.54. The Morgan fingerprint density at radius 3 is 2.38 bits per heavy atom. The molecule has 0 bridgehead atoms. The van der Waals surface area contributed by atoms with E-state index in [9.17, 15) is 4.79 Å². The molecule has 2 heterocycles. The van der Waals surface area contributed by atoms with Gasteiger partial charge >= 0.3 is 0 Å². The highest BCUT2D eigenvalue weighted by molar-refractivity contribution is 6.01. The Balaban J connectivity index is 1.36. The predicted octanol–water partition coefficient (Wildman–Crippen LogP) is 7.79. The van der Waals surface area contributed by atoms with Crippen LogP contribution in [0.5, 0.6) is 0 Å². The molecule has 2 aromatic heterocycles. The van der Waals surface area contributed by atoms with Crippen LogP contribution in [0.25, 0.3) is 32.6 Å². The number of para-hydroxylation sites is 2. The molecule has 0 amide bonds. The van der Waals surface area contributed by atoms with E-state index in [0.717, 1.165) is 65.7 Å². The molecule has 0 unspecified atom stereocenters. The Morgan fingerprint density at radius 2 is 1.52 bits per heavy atom. The van der Waals surface area contributed by atoms with Gasteiger partial charge in [0.25, 0.3) is 5.56 Å². The van der Waals surface area contributed by atoms with Crippen molar-refractivity contribution in [3.05, 3.63) is 124 Å². The third-order valence-electron chi connectivity index (χ3n) is 8.54. The van der Waals surface area contributed by atoms with E-state index in [1.54, 1.807) is 4.68 Å². The number of aromatic nitrogens is 3. The molecule has 1 aliphatic carbocycles. The second-order valence-corrected chi connectivity index (χ2v) is 10.9. The van der Waals surface area contributed by atoms with Gasteiger partial charge in [0.1, 0.15) is 5.82 Å². The average molecular weight is 525 g/mol. The largest absolute Gasteiger partial charge is 0.340 e. The van der Waals surface area contributed by atoms with Crippen molar-refractivity contribution >= 4 is 38.8 Å². The molecule has 1 aliphatic rings. The first kappa shape index (κ1) is 24.5. The van der Waals surface area contributed by atoms with Crippen molar-refractivity contribution in [3.63, 3.8) is 0 Å². The molecular weight excluding hydrogens is 492 g/mol. The Morgan fingerprint density at radius 1 is 0.825 bits per heavy atom. The van der Waals surface area contributed by atoms with Crippen LogP contribution < -0.4 is 5.56 Å². The molecule has 6 aromatic rings. The summed E-state index contributed by atoms with van der Waals surface area (Å²) in [5.41, 5.74) is 5.25. The molecule has 5 nitrogen and oxygen atoms in total. The van der Waals surface area contributed by atoms with Crippen LogP contribution in [0.4, 0.5) is 0 Å². The quantitative estimate of drug-likeness (QED) is 0.216. The smallest absolute Gasteiger partial charge is 0.282 e. The summed E-state index contributed by atoms with van der Waals surface area (Å²) in [4.78, 5) is 18.7. The van der Waals surface area contributed by atoms with E-state index in [0.29, 0.717) is 5.39 Å². The summed E-state index contributed by atoms with van der Waals surface area (Å²) in [7, 11) is 0. The van der Waals surface area contributed by atoms with Gasteiger partial charge in [0.05, 0.1) is 17.1 Å². The molecule has 0 spiro atoms. The zero-order valence-electron chi connectivity index (χ0n) is 22.8. The van der Waals surface area contributed by atoms with Crippen LogP contribution in [0, 0.1) is 6.92 Å². The lowest BCUT2D eigenvalue weighted by atomic mass is 9.88. The molecule has 1 saturated carbocycles. The molecular formula is C35H32N4O. The molecule has 4 aromatic carbocycles. The first-order valence-electron chi connectivity index (χ1n) is 14.3. The van der Waals surface area contributed by atoms with E-state index in [4.69, 9.17) is 10.1 Å². The lowest BCUT2D eigenvalue weighted by molar-refractivity contribution is 0.416. The maximum atomic E-state index is 13.7. The zero-order valence-corrected chi connectivity index (χ0v) is 22.8. The van der Waals surface area contributed by atoms with Gasteiger partial charge < -0.3 is 4.57 Å². The number of hydrogen-bond acceptors (Lipinski definition) is 3. The topological polar surface area (TPSA) is 52.2 Å². The third kappa shape index (κ3) is 4.22. The fraction of sp³-hybridized carbons (Fsp3) is 0.229. The van der Waals surface area contributed by atoms with E-state index in [2.05, 4.69) is 78.2 Å². The summed E-state index contributed by atoms with van der Waals surface area (Å²) in [6.45, 7) is 2.91. The van der Waals surface area contributed by atoms with Crippen molar-refractivity contribution in [1.82, 2.24) is 14.2 Å². The molecule has 7 rings (SSSR count). The van der Waals surface area contributed by atoms with Crippen molar-refractivity contribution in [2.75, 3.05) is 0 Å². The van der Waals surface area contributed by atoms with Crippen LogP contribution in [0.3, 0.4) is 0 Å². The molecule has 1 fully saturated rings. The SMILES string of the molecule is Cc1c(C=Nn2c(C3CCCCC3)nc3ccccc3c2=O)c2ccccc2n1Cc1cccc2ccccc12. The van der Waals surface area contributed by atoms with E-state index in [1.165, 1.54) is 22.8 Å². The number of fused-ring (bicyclic) bond motifs is 3. The van der Waals surface area contributed by atoms with Gasteiger partial charge in [-0.15, -0.1) is 0 Å². The zero-order chi connectivity index (χ0) is 27.1. The Kier molecular flexibility index (Phi) is 6.27. The van der Waals surface area contributed by atoms with Crippen LogP contribution >= 0.6 is 0 Å².